The van der Waals surface area contributed by atoms with Crippen molar-refractivity contribution < 1.29 is 71.1 Å². The fourth-order valence-corrected chi connectivity index (χ4v) is 4.06. The predicted molar refractivity (Wildman–Crippen MR) is 153 cm³/mol. The molecular weight excluding hydrogens is 543 g/mol. The van der Waals surface area contributed by atoms with E-state index in [0.717, 1.165) is 12.8 Å². The number of aliphatic hydroxyl groups is 1. The molecule has 0 radical (unpaired) electrons. The average molecular weight is 603 g/mol. The predicted octanol–water partition coefficient (Wildman–Crippen LogP) is 5.17. The van der Waals surface area contributed by atoms with Crippen molar-refractivity contribution in [1.29, 1.82) is 0 Å². The maximum Gasteiger partial charge on any atom is 1.00 e. The molecule has 1 atom stereocenters. The molecule has 0 bridgehead atoms. The van der Waals surface area contributed by atoms with Gasteiger partial charge in [-0.25, -0.2) is 0 Å². The zero-order valence-corrected chi connectivity index (χ0v) is 28.2. The Morgan fingerprint density at radius 3 is 0.789 bits per heavy atom. The molecule has 230 valence electrons. The van der Waals surface area contributed by atoms with Gasteiger partial charge in [-0.1, -0.05) is 149 Å². The summed E-state index contributed by atoms with van der Waals surface area (Å²) in [6, 6.07) is 0. The largest absolute Gasteiger partial charge is 1.00 e. The quantitative estimate of drug-likeness (QED) is 0.0601. The van der Waals surface area contributed by atoms with Crippen molar-refractivity contribution in [2.24, 2.45) is 0 Å². The van der Waals surface area contributed by atoms with Gasteiger partial charge in [-0.15, -0.1) is 0 Å². The summed E-state index contributed by atoms with van der Waals surface area (Å²) in [6.45, 7) is 4.57. The monoisotopic (exact) mass is 602 g/mol. The second kappa shape index (κ2) is 33.9. The summed E-state index contributed by atoms with van der Waals surface area (Å²) in [5.41, 5.74) is 0. The third kappa shape index (κ3) is 70.8. The average Bonchev–Trinajstić information content (AvgIpc) is 2.76. The Hall–Kier alpha value is 0.700. The normalized spacial score (nSPS) is 12.0. The summed E-state index contributed by atoms with van der Waals surface area (Å²) in [7, 11) is -9.33. The van der Waals surface area contributed by atoms with Crippen LogP contribution < -0.4 is 29.6 Å². The van der Waals surface area contributed by atoms with Crippen LogP contribution in [-0.4, -0.2) is 46.3 Å². The van der Waals surface area contributed by atoms with E-state index in [4.69, 9.17) is 35.0 Å². The van der Waals surface area contributed by atoms with Crippen LogP contribution in [0.4, 0.5) is 0 Å². The Morgan fingerprint density at radius 2 is 0.605 bits per heavy atom. The van der Waals surface area contributed by atoms with Crippen molar-refractivity contribution in [3.05, 3.63) is 0 Å². The van der Waals surface area contributed by atoms with E-state index in [1.54, 1.807) is 0 Å². The number of hydrogen-bond donors (Lipinski definition) is 5. The van der Waals surface area contributed by atoms with E-state index in [2.05, 4.69) is 13.8 Å². The minimum absolute atomic E-state index is 0. The molecule has 38 heavy (non-hydrogen) atoms. The Morgan fingerprint density at radius 1 is 0.447 bits per heavy atom. The second-order valence-electron chi connectivity index (χ2n) is 9.84. The van der Waals surface area contributed by atoms with Gasteiger partial charge in [0.05, 0.1) is 6.10 Å². The van der Waals surface area contributed by atoms with E-state index in [0.29, 0.717) is 0 Å². The smallest absolute Gasteiger partial charge is 1.00 e. The van der Waals surface area contributed by atoms with Crippen LogP contribution in [0.5, 0.6) is 0 Å². The van der Waals surface area contributed by atoms with Crippen molar-refractivity contribution in [2.75, 3.05) is 0 Å². The van der Waals surface area contributed by atoms with E-state index in [1.807, 2.05) is 0 Å². The molecule has 0 aromatic carbocycles. The Balaban J connectivity index is -0.000000272. The van der Waals surface area contributed by atoms with Gasteiger partial charge in [0, 0.05) is 0 Å². The van der Waals surface area contributed by atoms with Crippen LogP contribution in [0.15, 0.2) is 0 Å². The number of unbranched alkanes of at least 4 members (excludes halogenated alkanes) is 19. The van der Waals surface area contributed by atoms with Crippen molar-refractivity contribution in [2.45, 2.75) is 168 Å². The molecule has 0 aromatic rings. The molecule has 0 heterocycles. The van der Waals surface area contributed by atoms with Gasteiger partial charge < -0.3 is 6.53 Å². The topological polar surface area (TPSA) is 169 Å². The van der Waals surface area contributed by atoms with Crippen LogP contribution >= 0.6 is 0 Å². The van der Waals surface area contributed by atoms with Crippen LogP contribution in [0.1, 0.15) is 163 Å². The van der Waals surface area contributed by atoms with Gasteiger partial charge in [0.25, 0.3) is 0 Å². The maximum atomic E-state index is 10.1. The van der Waals surface area contributed by atoms with Crippen molar-refractivity contribution >= 4 is 20.8 Å². The van der Waals surface area contributed by atoms with E-state index < -0.39 is 20.8 Å². The minimum Gasteiger partial charge on any atom is -1.00 e. The van der Waals surface area contributed by atoms with Gasteiger partial charge in [0.1, 0.15) is 0 Å². The fraction of sp³-hybridized carbons (Fsp3) is 1.00. The molecule has 0 aromatic heterocycles. The van der Waals surface area contributed by atoms with E-state index in [1.165, 1.54) is 135 Å². The SMILES string of the molecule is CCCCCCCCCCCCCC(O)CCCCCCCCCCCC.O=S(=O)(O)O.O=S(=O)(O)O.[H-].[Na+]. The number of hydrogen-bond acceptors (Lipinski definition) is 5. The van der Waals surface area contributed by atoms with Crippen LogP contribution in [0, 0.1) is 0 Å². The summed E-state index contributed by atoms with van der Waals surface area (Å²) in [4.78, 5) is 0. The molecule has 0 aliphatic carbocycles. The Bertz CT molecular complexity index is 606. The van der Waals surface area contributed by atoms with Crippen LogP contribution in [0.3, 0.4) is 0 Å². The summed E-state index contributed by atoms with van der Waals surface area (Å²) < 4.78 is 63.2. The molecule has 5 N–H and O–H groups in total. The zero-order chi connectivity index (χ0) is 28.8. The van der Waals surface area contributed by atoms with Gasteiger partial charge in [-0.3, -0.25) is 18.2 Å². The third-order valence-electron chi connectivity index (χ3n) is 6.03. The summed E-state index contributed by atoms with van der Waals surface area (Å²) in [5.74, 6) is 0. The summed E-state index contributed by atoms with van der Waals surface area (Å²) in [5, 5.41) is 10.1. The van der Waals surface area contributed by atoms with Gasteiger partial charge in [0.2, 0.25) is 0 Å². The van der Waals surface area contributed by atoms with Gasteiger partial charge >= 0.3 is 50.4 Å². The first-order valence-electron chi connectivity index (χ1n) is 14.4. The second-order valence-corrected chi connectivity index (χ2v) is 11.6. The summed E-state index contributed by atoms with van der Waals surface area (Å²) >= 11 is 0. The van der Waals surface area contributed by atoms with Gasteiger partial charge in [-0.05, 0) is 12.8 Å². The molecule has 9 nitrogen and oxygen atoms in total. The molecule has 0 spiro atoms. The van der Waals surface area contributed by atoms with Crippen LogP contribution in [0.25, 0.3) is 0 Å². The molecule has 12 heteroatoms. The van der Waals surface area contributed by atoms with Crippen molar-refractivity contribution in [1.82, 2.24) is 0 Å². The van der Waals surface area contributed by atoms with Gasteiger partial charge in [-0.2, -0.15) is 16.8 Å². The third-order valence-corrected chi connectivity index (χ3v) is 6.03. The molecule has 0 saturated heterocycles. The molecular formula is C26H59NaO9S2. The van der Waals surface area contributed by atoms with Crippen molar-refractivity contribution in [3.63, 3.8) is 0 Å². The molecule has 0 saturated carbocycles. The Labute approximate surface area is 258 Å². The zero-order valence-electron chi connectivity index (χ0n) is 25.5. The maximum absolute atomic E-state index is 10.1. The number of aliphatic hydroxyl groups excluding tert-OH is 1. The molecule has 0 amide bonds. The minimum atomic E-state index is -4.67. The molecule has 0 fully saturated rings. The fourth-order valence-electron chi connectivity index (χ4n) is 4.06. The number of rotatable bonds is 23. The Kier molecular flexibility index (Phi) is 40.8. The molecule has 0 aliphatic heterocycles. The first-order valence-corrected chi connectivity index (χ1v) is 17.2. The van der Waals surface area contributed by atoms with Gasteiger partial charge in [0.15, 0.2) is 0 Å². The summed E-state index contributed by atoms with van der Waals surface area (Å²) in [6.07, 6.45) is 31.1. The molecule has 0 rings (SSSR count). The van der Waals surface area contributed by atoms with E-state index in [9.17, 15) is 5.11 Å². The standard InChI is InChI=1S/C26H54O.Na.2H2O4S.H/c1-3-5-7-9-11-13-15-17-19-21-23-25-26(27)24-22-20-18-16-14-12-10-8-6-4-2;;2*1-5(2,3)4;/h26-27H,3-25H2,1-2H3;;2*(H2,1,2,3,4);/q;+1;;;-1. The van der Waals surface area contributed by atoms with Crippen LogP contribution in [0.2, 0.25) is 0 Å². The molecule has 0 aliphatic rings. The first kappa shape index (κ1) is 45.7. The van der Waals surface area contributed by atoms with Crippen LogP contribution in [-0.2, 0) is 20.8 Å². The van der Waals surface area contributed by atoms with Crippen molar-refractivity contribution in [3.8, 4) is 0 Å². The first-order chi connectivity index (χ1) is 17.3. The van der Waals surface area contributed by atoms with E-state index >= 15 is 0 Å². The van der Waals surface area contributed by atoms with E-state index in [-0.39, 0.29) is 37.1 Å². The molecule has 1 unspecified atom stereocenters.